The molecule has 0 radical (unpaired) electrons. The number of ether oxygens (including phenoxy) is 1. The summed E-state index contributed by atoms with van der Waals surface area (Å²) in [5.74, 6) is -2.25. The van der Waals surface area contributed by atoms with Gasteiger partial charge in [0.15, 0.2) is 6.61 Å². The van der Waals surface area contributed by atoms with Crippen molar-refractivity contribution < 1.29 is 23.9 Å². The summed E-state index contributed by atoms with van der Waals surface area (Å²) in [6, 6.07) is 6.37. The van der Waals surface area contributed by atoms with Crippen molar-refractivity contribution in [3.63, 3.8) is 0 Å². The Balaban J connectivity index is 1.73. The number of hydrogen-bond donors (Lipinski definition) is 1. The Labute approximate surface area is 146 Å². The van der Waals surface area contributed by atoms with Gasteiger partial charge in [0.1, 0.15) is 6.54 Å². The van der Waals surface area contributed by atoms with E-state index in [1.807, 2.05) is 0 Å². The molecule has 1 N–H and O–H groups in total. The van der Waals surface area contributed by atoms with Crippen LogP contribution in [-0.4, -0.2) is 48.3 Å². The number of nitrogens with zero attached hydrogens (tertiary/aromatic N) is 1. The van der Waals surface area contributed by atoms with Crippen LogP contribution >= 0.6 is 0 Å². The molecular formula is C18H22N2O5. The quantitative estimate of drug-likeness (QED) is 0.416. The van der Waals surface area contributed by atoms with Gasteiger partial charge in [0.25, 0.3) is 17.7 Å². The number of benzene rings is 1. The number of carbonyl (C=O) groups excluding carboxylic acids is 4. The molecule has 0 atom stereocenters. The monoisotopic (exact) mass is 346 g/mol. The van der Waals surface area contributed by atoms with Gasteiger partial charge < -0.3 is 10.1 Å². The van der Waals surface area contributed by atoms with Gasteiger partial charge in [0.05, 0.1) is 11.1 Å². The third kappa shape index (κ3) is 4.89. The molecule has 0 unspecified atom stereocenters. The Morgan fingerprint density at radius 2 is 1.68 bits per heavy atom. The highest BCUT2D eigenvalue weighted by Gasteiger charge is 2.36. The third-order valence-corrected chi connectivity index (χ3v) is 3.88. The first-order chi connectivity index (χ1) is 12.0. The van der Waals surface area contributed by atoms with Crippen LogP contribution in [0, 0.1) is 0 Å². The van der Waals surface area contributed by atoms with E-state index in [2.05, 4.69) is 12.2 Å². The zero-order chi connectivity index (χ0) is 18.2. The summed E-state index contributed by atoms with van der Waals surface area (Å²) in [4.78, 5) is 48.5. The Bertz CT molecular complexity index is 636. The molecule has 1 aliphatic heterocycles. The second kappa shape index (κ2) is 8.96. The summed E-state index contributed by atoms with van der Waals surface area (Å²) in [6.45, 7) is 1.72. The maximum Gasteiger partial charge on any atom is 0.326 e. The minimum absolute atomic E-state index is 0.269. The largest absolute Gasteiger partial charge is 0.454 e. The lowest BCUT2D eigenvalue weighted by Crippen LogP contribution is -2.37. The number of unbranched alkanes of at least 4 members (excludes halogenated alkanes) is 3. The highest BCUT2D eigenvalue weighted by Crippen LogP contribution is 2.21. The number of fused-ring (bicyclic) bond motifs is 1. The number of esters is 1. The van der Waals surface area contributed by atoms with E-state index in [-0.39, 0.29) is 11.1 Å². The zero-order valence-corrected chi connectivity index (χ0v) is 14.2. The third-order valence-electron chi connectivity index (χ3n) is 3.88. The Hall–Kier alpha value is -2.70. The molecule has 3 amide bonds. The first-order valence-electron chi connectivity index (χ1n) is 8.42. The topological polar surface area (TPSA) is 92.8 Å². The number of imide groups is 1. The number of amides is 3. The summed E-state index contributed by atoms with van der Waals surface area (Å²) < 4.78 is 4.84. The maximum absolute atomic E-state index is 12.1. The van der Waals surface area contributed by atoms with Crippen LogP contribution < -0.4 is 5.32 Å². The average Bonchev–Trinajstić information content (AvgIpc) is 2.85. The summed E-state index contributed by atoms with van der Waals surface area (Å²) >= 11 is 0. The van der Waals surface area contributed by atoms with Crippen LogP contribution in [0.2, 0.25) is 0 Å². The van der Waals surface area contributed by atoms with Gasteiger partial charge >= 0.3 is 5.97 Å². The second-order valence-corrected chi connectivity index (χ2v) is 5.81. The van der Waals surface area contributed by atoms with Crippen LogP contribution in [0.4, 0.5) is 0 Å². The lowest BCUT2D eigenvalue weighted by atomic mass is 10.1. The van der Waals surface area contributed by atoms with Crippen LogP contribution in [0.15, 0.2) is 24.3 Å². The fraction of sp³-hybridized carbons (Fsp3) is 0.444. The van der Waals surface area contributed by atoms with Gasteiger partial charge in [-0.25, -0.2) is 0 Å². The first kappa shape index (κ1) is 18.6. The summed E-state index contributed by atoms with van der Waals surface area (Å²) in [7, 11) is 0. The Kier molecular flexibility index (Phi) is 6.68. The molecule has 1 aliphatic rings. The number of rotatable bonds is 9. The molecule has 1 aromatic carbocycles. The van der Waals surface area contributed by atoms with Gasteiger partial charge in [-0.05, 0) is 18.6 Å². The SMILES string of the molecule is CCCCCCNC(=O)COC(=O)CN1C(=O)c2ccccc2C1=O. The standard InChI is InChI=1S/C18H22N2O5/c1-2-3-4-7-10-19-15(21)12-25-16(22)11-20-17(23)13-8-5-6-9-14(13)18(20)24/h5-6,8-9H,2-4,7,10-12H2,1H3,(H,19,21). The van der Waals surface area contributed by atoms with Gasteiger partial charge in [-0.15, -0.1) is 0 Å². The smallest absolute Gasteiger partial charge is 0.326 e. The van der Waals surface area contributed by atoms with E-state index in [4.69, 9.17) is 4.74 Å². The summed E-state index contributed by atoms with van der Waals surface area (Å²) in [5, 5.41) is 2.66. The molecule has 0 saturated carbocycles. The Morgan fingerprint density at radius 3 is 2.28 bits per heavy atom. The molecule has 25 heavy (non-hydrogen) atoms. The fourth-order valence-corrected chi connectivity index (χ4v) is 2.53. The normalized spacial score (nSPS) is 12.9. The van der Waals surface area contributed by atoms with Crippen LogP contribution in [0.3, 0.4) is 0 Å². The average molecular weight is 346 g/mol. The molecule has 1 heterocycles. The van der Waals surface area contributed by atoms with Crippen LogP contribution in [0.25, 0.3) is 0 Å². The molecule has 7 nitrogen and oxygen atoms in total. The molecule has 0 spiro atoms. The van der Waals surface area contributed by atoms with Crippen LogP contribution in [0.1, 0.15) is 53.3 Å². The Morgan fingerprint density at radius 1 is 1.04 bits per heavy atom. The number of hydrogen-bond acceptors (Lipinski definition) is 5. The van der Waals surface area contributed by atoms with Crippen molar-refractivity contribution in [1.82, 2.24) is 10.2 Å². The minimum atomic E-state index is -0.796. The maximum atomic E-state index is 12.1. The second-order valence-electron chi connectivity index (χ2n) is 5.81. The van der Waals surface area contributed by atoms with Crippen LogP contribution in [0.5, 0.6) is 0 Å². The molecule has 0 bridgehead atoms. The van der Waals surface area contributed by atoms with E-state index in [1.165, 1.54) is 12.1 Å². The lowest BCUT2D eigenvalue weighted by Gasteiger charge is -2.13. The van der Waals surface area contributed by atoms with Crippen LogP contribution in [-0.2, 0) is 14.3 Å². The van der Waals surface area contributed by atoms with E-state index in [9.17, 15) is 19.2 Å². The van der Waals surface area contributed by atoms with Crippen molar-refractivity contribution in [2.45, 2.75) is 32.6 Å². The van der Waals surface area contributed by atoms with E-state index >= 15 is 0 Å². The molecule has 0 aromatic heterocycles. The van der Waals surface area contributed by atoms with E-state index in [1.54, 1.807) is 12.1 Å². The lowest BCUT2D eigenvalue weighted by molar-refractivity contribution is -0.148. The van der Waals surface area contributed by atoms with Gasteiger partial charge in [0, 0.05) is 6.54 Å². The van der Waals surface area contributed by atoms with E-state index in [0.29, 0.717) is 6.54 Å². The molecule has 0 saturated heterocycles. The molecule has 1 aromatic rings. The zero-order valence-electron chi connectivity index (χ0n) is 14.2. The van der Waals surface area contributed by atoms with Crippen molar-refractivity contribution >= 4 is 23.7 Å². The fourth-order valence-electron chi connectivity index (χ4n) is 2.53. The van der Waals surface area contributed by atoms with Crippen molar-refractivity contribution in [1.29, 1.82) is 0 Å². The molecule has 7 heteroatoms. The first-order valence-corrected chi connectivity index (χ1v) is 8.42. The molecule has 134 valence electrons. The number of carbonyl (C=O) groups is 4. The molecule has 0 aliphatic carbocycles. The molecule has 0 fully saturated rings. The van der Waals surface area contributed by atoms with Crippen molar-refractivity contribution in [3.8, 4) is 0 Å². The highest BCUT2D eigenvalue weighted by atomic mass is 16.5. The summed E-state index contributed by atoms with van der Waals surface area (Å²) in [6.07, 6.45) is 4.15. The van der Waals surface area contributed by atoms with E-state index < -0.39 is 36.8 Å². The summed E-state index contributed by atoms with van der Waals surface area (Å²) in [5.41, 5.74) is 0.537. The predicted octanol–water partition coefficient (Wildman–Crippen LogP) is 1.52. The van der Waals surface area contributed by atoms with Crippen molar-refractivity contribution in [3.05, 3.63) is 35.4 Å². The highest BCUT2D eigenvalue weighted by molar-refractivity contribution is 6.22. The van der Waals surface area contributed by atoms with Gasteiger partial charge in [-0.1, -0.05) is 38.3 Å². The van der Waals surface area contributed by atoms with Gasteiger partial charge in [-0.2, -0.15) is 0 Å². The number of nitrogens with one attached hydrogen (secondary N) is 1. The van der Waals surface area contributed by atoms with Gasteiger partial charge in [0.2, 0.25) is 0 Å². The molecule has 2 rings (SSSR count). The van der Waals surface area contributed by atoms with Crippen molar-refractivity contribution in [2.75, 3.05) is 19.7 Å². The van der Waals surface area contributed by atoms with Gasteiger partial charge in [-0.3, -0.25) is 24.1 Å². The minimum Gasteiger partial charge on any atom is -0.454 e. The van der Waals surface area contributed by atoms with Crippen molar-refractivity contribution in [2.24, 2.45) is 0 Å². The molecular weight excluding hydrogens is 324 g/mol. The predicted molar refractivity (Wildman–Crippen MR) is 89.9 cm³/mol. The van der Waals surface area contributed by atoms with E-state index in [0.717, 1.165) is 30.6 Å².